The number of carbonyl (C=O) groups is 2. The van der Waals surface area contributed by atoms with Gasteiger partial charge < -0.3 is 10.4 Å². The molecule has 22 heavy (non-hydrogen) atoms. The first-order valence-corrected chi connectivity index (χ1v) is 7.00. The van der Waals surface area contributed by atoms with E-state index in [0.29, 0.717) is 12.1 Å². The molecule has 0 spiro atoms. The Balaban J connectivity index is 2.05. The number of benzene rings is 1. The van der Waals surface area contributed by atoms with Crippen LogP contribution in [0.15, 0.2) is 30.3 Å². The fourth-order valence-corrected chi connectivity index (χ4v) is 2.11. The van der Waals surface area contributed by atoms with E-state index in [4.69, 9.17) is 5.11 Å². The van der Waals surface area contributed by atoms with Crippen LogP contribution in [-0.2, 0) is 11.3 Å². The van der Waals surface area contributed by atoms with Crippen molar-refractivity contribution in [3.63, 3.8) is 0 Å². The van der Waals surface area contributed by atoms with E-state index in [2.05, 4.69) is 10.4 Å². The molecular weight excluding hydrogens is 282 g/mol. The van der Waals surface area contributed by atoms with Gasteiger partial charge in [-0.15, -0.1) is 0 Å². The molecule has 1 heterocycles. The summed E-state index contributed by atoms with van der Waals surface area (Å²) in [5.74, 6) is -1.46. The van der Waals surface area contributed by atoms with Gasteiger partial charge in [-0.2, -0.15) is 5.10 Å². The van der Waals surface area contributed by atoms with E-state index in [1.165, 1.54) is 6.92 Å². The molecule has 0 aliphatic carbocycles. The summed E-state index contributed by atoms with van der Waals surface area (Å²) in [5, 5.41) is 15.6. The molecule has 6 heteroatoms. The summed E-state index contributed by atoms with van der Waals surface area (Å²) in [6.45, 7) is 6.00. The Morgan fingerprint density at radius 3 is 2.41 bits per heavy atom. The molecule has 0 aliphatic rings. The zero-order chi connectivity index (χ0) is 16.3. The van der Waals surface area contributed by atoms with Gasteiger partial charge in [0.2, 0.25) is 0 Å². The van der Waals surface area contributed by atoms with Crippen molar-refractivity contribution in [1.82, 2.24) is 15.1 Å². The minimum Gasteiger partial charge on any atom is -0.480 e. The average molecular weight is 301 g/mol. The van der Waals surface area contributed by atoms with E-state index in [1.54, 1.807) is 12.1 Å². The van der Waals surface area contributed by atoms with Crippen molar-refractivity contribution in [1.29, 1.82) is 0 Å². The lowest BCUT2D eigenvalue weighted by molar-refractivity contribution is -0.138. The van der Waals surface area contributed by atoms with Crippen LogP contribution < -0.4 is 5.32 Å². The van der Waals surface area contributed by atoms with E-state index in [9.17, 15) is 9.59 Å². The van der Waals surface area contributed by atoms with Gasteiger partial charge in [-0.25, -0.2) is 0 Å². The van der Waals surface area contributed by atoms with Crippen LogP contribution in [0.1, 0.15) is 34.2 Å². The Bertz CT molecular complexity index is 689. The fraction of sp³-hybridized carbons (Fsp3) is 0.312. The van der Waals surface area contributed by atoms with Crippen molar-refractivity contribution in [2.45, 2.75) is 33.4 Å². The van der Waals surface area contributed by atoms with Crippen molar-refractivity contribution in [3.8, 4) is 0 Å². The molecular formula is C16H19N3O3. The highest BCUT2D eigenvalue weighted by atomic mass is 16.4. The topological polar surface area (TPSA) is 84.2 Å². The van der Waals surface area contributed by atoms with Crippen LogP contribution in [0.4, 0.5) is 0 Å². The third-order valence-corrected chi connectivity index (χ3v) is 3.37. The predicted octanol–water partition coefficient (Wildman–Crippen LogP) is 1.75. The maximum atomic E-state index is 11.9. The van der Waals surface area contributed by atoms with Gasteiger partial charge in [0, 0.05) is 11.3 Å². The molecule has 0 aliphatic heterocycles. The maximum Gasteiger partial charge on any atom is 0.325 e. The van der Waals surface area contributed by atoms with Crippen molar-refractivity contribution < 1.29 is 14.7 Å². The number of nitrogens with zero attached hydrogens (tertiary/aromatic N) is 2. The number of aromatic nitrogens is 2. The first-order valence-electron chi connectivity index (χ1n) is 7.00. The maximum absolute atomic E-state index is 11.9. The average Bonchev–Trinajstić information content (AvgIpc) is 2.77. The van der Waals surface area contributed by atoms with Crippen LogP contribution in [0.25, 0.3) is 0 Å². The number of carboxylic acid groups (broad SMARTS) is 1. The Kier molecular flexibility index (Phi) is 4.60. The van der Waals surface area contributed by atoms with Gasteiger partial charge in [0.1, 0.15) is 6.04 Å². The second-order valence-corrected chi connectivity index (χ2v) is 5.32. The zero-order valence-corrected chi connectivity index (χ0v) is 12.8. The van der Waals surface area contributed by atoms with Crippen molar-refractivity contribution in [2.75, 3.05) is 0 Å². The molecule has 1 amide bonds. The minimum absolute atomic E-state index is 0.396. The summed E-state index contributed by atoms with van der Waals surface area (Å²) >= 11 is 0. The van der Waals surface area contributed by atoms with Crippen LogP contribution in [-0.4, -0.2) is 32.8 Å². The standard InChI is InChI=1S/C16H19N3O3/c1-10-8-11(2)19(18-10)9-13-4-6-14(7-5-13)15(20)17-12(3)16(21)22/h4-8,12H,9H2,1-3H3,(H,17,20)(H,21,22)/t12-/m1/s1. The number of aliphatic carboxylic acids is 1. The molecule has 2 N–H and O–H groups in total. The molecule has 1 aromatic carbocycles. The quantitative estimate of drug-likeness (QED) is 0.881. The van der Waals surface area contributed by atoms with E-state index >= 15 is 0 Å². The molecule has 6 nitrogen and oxygen atoms in total. The van der Waals surface area contributed by atoms with E-state index in [1.807, 2.05) is 36.7 Å². The van der Waals surface area contributed by atoms with Crippen LogP contribution >= 0.6 is 0 Å². The number of carboxylic acids is 1. The highest BCUT2D eigenvalue weighted by molar-refractivity contribution is 5.96. The van der Waals surface area contributed by atoms with E-state index < -0.39 is 17.9 Å². The van der Waals surface area contributed by atoms with Crippen molar-refractivity contribution in [3.05, 3.63) is 52.8 Å². The minimum atomic E-state index is -1.06. The van der Waals surface area contributed by atoms with Crippen LogP contribution in [0.5, 0.6) is 0 Å². The molecule has 116 valence electrons. The lowest BCUT2D eigenvalue weighted by Crippen LogP contribution is -2.38. The smallest absolute Gasteiger partial charge is 0.325 e. The van der Waals surface area contributed by atoms with Crippen LogP contribution in [0.3, 0.4) is 0 Å². The van der Waals surface area contributed by atoms with Crippen molar-refractivity contribution >= 4 is 11.9 Å². The zero-order valence-electron chi connectivity index (χ0n) is 12.8. The van der Waals surface area contributed by atoms with Gasteiger partial charge in [-0.05, 0) is 44.5 Å². The molecule has 0 unspecified atom stereocenters. The Morgan fingerprint density at radius 2 is 1.91 bits per heavy atom. The lowest BCUT2D eigenvalue weighted by atomic mass is 10.1. The monoisotopic (exact) mass is 301 g/mol. The van der Waals surface area contributed by atoms with Gasteiger partial charge in [-0.1, -0.05) is 12.1 Å². The summed E-state index contributed by atoms with van der Waals surface area (Å²) in [5.41, 5.74) is 3.50. The highest BCUT2D eigenvalue weighted by Crippen LogP contribution is 2.09. The lowest BCUT2D eigenvalue weighted by Gasteiger charge is -2.10. The number of rotatable bonds is 5. The molecule has 1 atom stereocenters. The van der Waals surface area contributed by atoms with Gasteiger partial charge in [0.15, 0.2) is 0 Å². The molecule has 2 aromatic rings. The van der Waals surface area contributed by atoms with Gasteiger partial charge >= 0.3 is 5.97 Å². The van der Waals surface area contributed by atoms with E-state index in [-0.39, 0.29) is 0 Å². The fourth-order valence-electron chi connectivity index (χ4n) is 2.11. The molecule has 0 fully saturated rings. The van der Waals surface area contributed by atoms with Gasteiger partial charge in [0.25, 0.3) is 5.91 Å². The summed E-state index contributed by atoms with van der Waals surface area (Å²) in [7, 11) is 0. The summed E-state index contributed by atoms with van der Waals surface area (Å²) < 4.78 is 1.90. The largest absolute Gasteiger partial charge is 0.480 e. The SMILES string of the molecule is Cc1cc(C)n(Cc2ccc(C(=O)N[C@H](C)C(=O)O)cc2)n1. The number of hydrogen-bond donors (Lipinski definition) is 2. The molecule has 0 saturated heterocycles. The number of carbonyl (C=O) groups excluding carboxylic acids is 1. The molecule has 0 saturated carbocycles. The summed E-state index contributed by atoms with van der Waals surface area (Å²) in [6.07, 6.45) is 0. The predicted molar refractivity (Wildman–Crippen MR) is 81.8 cm³/mol. The molecule has 1 aromatic heterocycles. The number of aryl methyl sites for hydroxylation is 2. The van der Waals surface area contributed by atoms with Gasteiger partial charge in [0.05, 0.1) is 12.2 Å². The first-order chi connectivity index (χ1) is 10.4. The number of nitrogens with one attached hydrogen (secondary N) is 1. The summed E-state index contributed by atoms with van der Waals surface area (Å²) in [6, 6.07) is 8.15. The second-order valence-electron chi connectivity index (χ2n) is 5.32. The normalized spacial score (nSPS) is 12.0. The molecule has 2 rings (SSSR count). The molecule has 0 bridgehead atoms. The number of hydrogen-bond acceptors (Lipinski definition) is 3. The number of amides is 1. The third-order valence-electron chi connectivity index (χ3n) is 3.37. The highest BCUT2D eigenvalue weighted by Gasteiger charge is 2.15. The summed E-state index contributed by atoms with van der Waals surface area (Å²) in [4.78, 5) is 22.6. The van der Waals surface area contributed by atoms with Crippen LogP contribution in [0.2, 0.25) is 0 Å². The van der Waals surface area contributed by atoms with Crippen LogP contribution in [0, 0.1) is 13.8 Å². The van der Waals surface area contributed by atoms with Gasteiger partial charge in [-0.3, -0.25) is 14.3 Å². The Hall–Kier alpha value is -2.63. The first kappa shape index (κ1) is 15.8. The second kappa shape index (κ2) is 6.43. The third kappa shape index (κ3) is 3.72. The Morgan fingerprint density at radius 1 is 1.27 bits per heavy atom. The van der Waals surface area contributed by atoms with E-state index in [0.717, 1.165) is 17.0 Å². The Labute approximate surface area is 128 Å². The van der Waals surface area contributed by atoms with Crippen molar-refractivity contribution in [2.24, 2.45) is 0 Å². The molecule has 0 radical (unpaired) electrons.